The summed E-state index contributed by atoms with van der Waals surface area (Å²) >= 11 is 9.36. The standard InChI is InChI=1S/C105H122N8O4S6/c1-13-23-29-31-33-35-57-105(58-36-34-32-30-24-14-2)81-59-73(85-53-55-91(122-85)99-95-93(101(114)112(99)67-71(21-9)39-27-17-5)97(110(103(95)116)65-69(19-7)37-25-15-3)89-51-45-77(120-89)61-75-43-49-87(118-75)83(63-106)108-11)41-47-79(81)80-48-42-74(60-82(80)105)86-54-56-92(123-86)100-96-94(102(115)113(100)68-72(22-10)40-28-18-6)98(111(104(96)117)66-70(20-8)38-26-16-4)90-52-46-78(121-90)62-76-44-50-88(119-76)84(64-107)109-12/h41-56,59-62,69-72H,13-40,57-58,65-68H2,1-10H3/b75-61+,76-62+,87-83-,88-84+. The number of nitriles is 2. The van der Waals surface area contributed by atoms with Crippen LogP contribution in [0.15, 0.2) is 131 Å². The van der Waals surface area contributed by atoms with Crippen molar-refractivity contribution in [2.24, 2.45) is 23.7 Å². The van der Waals surface area contributed by atoms with Crippen molar-refractivity contribution in [1.29, 1.82) is 10.5 Å². The summed E-state index contributed by atoms with van der Waals surface area (Å²) in [6, 6.07) is 43.3. The molecule has 18 heteroatoms. The van der Waals surface area contributed by atoms with E-state index in [0.717, 1.165) is 212 Å². The van der Waals surface area contributed by atoms with Crippen molar-refractivity contribution in [3.05, 3.63) is 213 Å². The zero-order valence-corrected chi connectivity index (χ0v) is 79.0. The van der Waals surface area contributed by atoms with Gasteiger partial charge in [0.2, 0.25) is 0 Å². The van der Waals surface area contributed by atoms with E-state index in [1.54, 1.807) is 45.3 Å². The molecule has 4 amide bonds. The molecule has 6 aromatic heterocycles. The first kappa shape index (κ1) is 91.6. The molecule has 5 aliphatic rings. The average Bonchev–Trinajstić information content (AvgIpc) is 1.56. The molecule has 4 aliphatic heterocycles. The van der Waals surface area contributed by atoms with Crippen LogP contribution in [0.4, 0.5) is 0 Å². The molecular weight excluding hydrogens is 1630 g/mol. The smallest absolute Gasteiger partial charge is 0.278 e. The van der Waals surface area contributed by atoms with E-state index in [0.29, 0.717) is 68.9 Å². The SMILES string of the molecule is [C-]#[N+]/C(C#N)=c1/cc/c(=C\c2ccc(C3=C4C(=O)N(CC(CC)CCCC)C(c5ccc(-c6ccc7c(c6)C(CCCCCCCC)(CCCCCCCC)c6cc(-c8ccc(C9=C%10C(=O)N(CC(CC)CCCC)C(c%11ccc(/C=c%12\cc/c(=C(/C#N)[N+]#[C-])s%12)s%11)=C%10C(=O)N9CC(CC)CCCC)s8)ccc6-7)s5)=C4C(=O)N3CC(CC)CCCC)s2)s1. The lowest BCUT2D eigenvalue weighted by atomic mass is 9.70. The van der Waals surface area contributed by atoms with Gasteiger partial charge in [0.25, 0.3) is 35.0 Å². The Bertz CT molecular complexity index is 5390. The second-order valence-electron chi connectivity index (χ2n) is 34.4. The Morgan fingerprint density at radius 3 is 0.976 bits per heavy atom. The summed E-state index contributed by atoms with van der Waals surface area (Å²) in [5.74, 6) is 0.517. The van der Waals surface area contributed by atoms with Gasteiger partial charge in [0.05, 0.1) is 89.9 Å². The van der Waals surface area contributed by atoms with Gasteiger partial charge in [-0.1, -0.05) is 260 Å². The molecule has 0 spiro atoms. The number of carbonyl (C=O) groups excluding carboxylic acids is 4. The third-order valence-electron chi connectivity index (χ3n) is 26.3. The van der Waals surface area contributed by atoms with E-state index >= 15 is 19.2 Å². The highest BCUT2D eigenvalue weighted by Gasteiger charge is 2.53. The van der Waals surface area contributed by atoms with E-state index in [9.17, 15) is 10.5 Å². The minimum absolute atomic E-state index is 0.0687. The van der Waals surface area contributed by atoms with Gasteiger partial charge in [0.1, 0.15) is 0 Å². The molecular formula is C105H122N8O4S6. The monoisotopic (exact) mass is 1750 g/mol. The van der Waals surface area contributed by atoms with Crippen LogP contribution >= 0.6 is 68.0 Å². The minimum Gasteiger partial charge on any atom is -0.306 e. The van der Waals surface area contributed by atoms with Crippen molar-refractivity contribution >= 4 is 138 Å². The molecule has 1 aliphatic carbocycles. The lowest BCUT2D eigenvalue weighted by Gasteiger charge is -2.33. The molecule has 8 aromatic rings. The Labute approximate surface area is 755 Å². The summed E-state index contributed by atoms with van der Waals surface area (Å²) in [6.45, 7) is 39.6. The molecule has 2 aromatic carbocycles. The van der Waals surface area contributed by atoms with Crippen molar-refractivity contribution < 1.29 is 19.2 Å². The Kier molecular flexibility index (Phi) is 32.2. The first-order chi connectivity index (χ1) is 60.0. The molecule has 123 heavy (non-hydrogen) atoms. The first-order valence-electron chi connectivity index (χ1n) is 46.2. The van der Waals surface area contributed by atoms with E-state index in [4.69, 9.17) is 13.1 Å². The molecule has 0 saturated carbocycles. The summed E-state index contributed by atoms with van der Waals surface area (Å²) in [5, 5.41) is 19.4. The Morgan fingerprint density at radius 2 is 0.667 bits per heavy atom. The zero-order valence-electron chi connectivity index (χ0n) is 74.1. The van der Waals surface area contributed by atoms with Gasteiger partial charge in [0, 0.05) is 69.2 Å². The highest BCUT2D eigenvalue weighted by Crippen LogP contribution is 2.58. The number of nitrogens with zero attached hydrogens (tertiary/aromatic N) is 8. The molecule has 0 radical (unpaired) electrons. The first-order valence-corrected chi connectivity index (χ1v) is 51.1. The number of fused-ring (bicyclic) bond motifs is 5. The van der Waals surface area contributed by atoms with Gasteiger partial charge in [-0.15, -0.1) is 68.0 Å². The summed E-state index contributed by atoms with van der Waals surface area (Å²) in [4.78, 5) is 86.9. The number of amides is 4. The van der Waals surface area contributed by atoms with Gasteiger partial charge >= 0.3 is 0 Å². The fourth-order valence-electron chi connectivity index (χ4n) is 19.1. The van der Waals surface area contributed by atoms with Crippen LogP contribution < -0.4 is 18.1 Å². The Hall–Kier alpha value is -9.08. The van der Waals surface area contributed by atoms with E-state index < -0.39 is 0 Å². The summed E-state index contributed by atoms with van der Waals surface area (Å²) in [5.41, 5.74) is 12.3. The summed E-state index contributed by atoms with van der Waals surface area (Å²) in [7, 11) is 0. The number of rotatable bonds is 46. The lowest BCUT2D eigenvalue weighted by molar-refractivity contribution is -0.124. The van der Waals surface area contributed by atoms with Gasteiger partial charge in [-0.3, -0.25) is 19.2 Å². The van der Waals surface area contributed by atoms with E-state index in [2.05, 4.69) is 176 Å². The van der Waals surface area contributed by atoms with Crippen molar-refractivity contribution in [2.45, 2.75) is 267 Å². The third-order valence-corrected chi connectivity index (χ3v) is 32.7. The van der Waals surface area contributed by atoms with Crippen LogP contribution in [0, 0.1) is 59.5 Å². The maximum absolute atomic E-state index is 16.1. The normalized spacial score (nSPS) is 16.6. The van der Waals surface area contributed by atoms with Crippen LogP contribution in [-0.4, -0.2) is 69.4 Å². The van der Waals surface area contributed by atoms with Crippen LogP contribution in [0.3, 0.4) is 0 Å². The van der Waals surface area contributed by atoms with Crippen molar-refractivity contribution in [3.8, 4) is 44.1 Å². The topological polar surface area (TPSA) is 138 Å². The molecule has 0 N–H and O–H groups in total. The molecule has 13 rings (SSSR count). The second-order valence-corrected chi connectivity index (χ2v) is 41.1. The van der Waals surface area contributed by atoms with Crippen molar-refractivity contribution in [1.82, 2.24) is 19.6 Å². The predicted octanol–water partition coefficient (Wildman–Crippen LogP) is 26.4. The average molecular weight is 1750 g/mol. The molecule has 0 fully saturated rings. The second kappa shape index (κ2) is 43.2. The number of unbranched alkanes of at least 4 members (excludes halogenated alkanes) is 14. The fourth-order valence-corrected chi connectivity index (χ4v) is 25.2. The van der Waals surface area contributed by atoms with Gasteiger partial charge in [-0.05, 0) is 181 Å². The Balaban J connectivity index is 0.931. The molecule has 10 heterocycles. The number of hydrogen-bond acceptors (Lipinski definition) is 12. The quantitative estimate of drug-likeness (QED) is 0.0275. The molecule has 4 atom stereocenters. The van der Waals surface area contributed by atoms with Crippen LogP contribution in [0.5, 0.6) is 0 Å². The molecule has 12 nitrogen and oxygen atoms in total. The predicted molar refractivity (Wildman–Crippen MR) is 517 cm³/mol. The van der Waals surface area contributed by atoms with Crippen molar-refractivity contribution in [3.63, 3.8) is 0 Å². The number of benzene rings is 2. The van der Waals surface area contributed by atoms with Crippen LogP contribution in [0.25, 0.3) is 88.0 Å². The van der Waals surface area contributed by atoms with E-state index in [1.165, 1.54) is 96.3 Å². The fraction of sp³-hybridized carbons (Fsp3) is 0.467. The third kappa shape index (κ3) is 19.8. The number of carbonyl (C=O) groups is 4. The molecule has 0 bridgehead atoms. The van der Waals surface area contributed by atoms with Gasteiger partial charge in [-0.2, -0.15) is 0 Å². The molecule has 4 unspecified atom stereocenters. The molecule has 642 valence electrons. The maximum atomic E-state index is 16.1. The maximum Gasteiger partial charge on any atom is 0.278 e. The van der Waals surface area contributed by atoms with Gasteiger partial charge in [0.15, 0.2) is 0 Å². The van der Waals surface area contributed by atoms with E-state index in [1.807, 2.05) is 56.0 Å². The van der Waals surface area contributed by atoms with Gasteiger partial charge < -0.3 is 19.6 Å². The highest BCUT2D eigenvalue weighted by molar-refractivity contribution is 7.17. The summed E-state index contributed by atoms with van der Waals surface area (Å²) in [6.07, 6.45) is 36.4. The Morgan fingerprint density at radius 1 is 0.366 bits per heavy atom. The van der Waals surface area contributed by atoms with E-state index in [-0.39, 0.29) is 64.1 Å². The number of thiophene rings is 6. The van der Waals surface area contributed by atoms with Gasteiger partial charge in [-0.25, -0.2) is 20.2 Å². The molecule has 0 saturated heterocycles. The van der Waals surface area contributed by atoms with Crippen LogP contribution in [0.1, 0.15) is 302 Å². The summed E-state index contributed by atoms with van der Waals surface area (Å²) < 4.78 is 3.08. The van der Waals surface area contributed by atoms with Crippen molar-refractivity contribution in [2.75, 3.05) is 26.2 Å². The van der Waals surface area contributed by atoms with Crippen LogP contribution in [0.2, 0.25) is 0 Å². The number of hydrogen-bond donors (Lipinski definition) is 0. The zero-order chi connectivity index (χ0) is 86.8. The minimum atomic E-state index is -0.313. The highest BCUT2D eigenvalue weighted by atomic mass is 32.1. The lowest BCUT2D eigenvalue weighted by Crippen LogP contribution is -2.34. The van der Waals surface area contributed by atoms with Crippen LogP contribution in [-0.2, 0) is 24.6 Å². The largest absolute Gasteiger partial charge is 0.306 e.